The fraction of sp³-hybridized carbons (Fsp3) is 0.222. The molecular weight excluding hydrogens is 138 g/mol. The third kappa shape index (κ3) is 1.00. The smallest absolute Gasteiger partial charge is 0.122 e. The maximum Gasteiger partial charge on any atom is 0.122 e. The van der Waals surface area contributed by atoms with Gasteiger partial charge in [-0.15, -0.1) is 0 Å². The van der Waals surface area contributed by atoms with Crippen LogP contribution in [0.15, 0.2) is 18.2 Å². The van der Waals surface area contributed by atoms with Gasteiger partial charge >= 0.3 is 0 Å². The van der Waals surface area contributed by atoms with E-state index in [1.165, 1.54) is 11.8 Å². The van der Waals surface area contributed by atoms with E-state index in [1.807, 2.05) is 18.2 Å². The standard InChI is InChI=1S/C9H9NO/c10-6-7-1-2-9-8(5-7)3-4-11-9/h1-2,5-6,10H,3-4H2. The summed E-state index contributed by atoms with van der Waals surface area (Å²) in [5, 5.41) is 7.04. The minimum Gasteiger partial charge on any atom is -0.493 e. The Bertz CT molecular complexity index is 294. The third-order valence-corrected chi connectivity index (χ3v) is 1.88. The summed E-state index contributed by atoms with van der Waals surface area (Å²) in [6.45, 7) is 0.788. The third-order valence-electron chi connectivity index (χ3n) is 1.88. The summed E-state index contributed by atoms with van der Waals surface area (Å²) < 4.78 is 5.32. The Morgan fingerprint density at radius 1 is 1.45 bits per heavy atom. The van der Waals surface area contributed by atoms with E-state index in [4.69, 9.17) is 10.1 Å². The Labute approximate surface area is 65.3 Å². The minimum absolute atomic E-state index is 0.788. The zero-order valence-corrected chi connectivity index (χ0v) is 6.13. The number of benzene rings is 1. The van der Waals surface area contributed by atoms with Gasteiger partial charge in [-0.05, 0) is 29.3 Å². The predicted octanol–water partition coefficient (Wildman–Crippen LogP) is 1.62. The normalized spacial score (nSPS) is 13.8. The highest BCUT2D eigenvalue weighted by atomic mass is 16.5. The van der Waals surface area contributed by atoms with Gasteiger partial charge in [0.1, 0.15) is 5.75 Å². The summed E-state index contributed by atoms with van der Waals surface area (Å²) in [5.41, 5.74) is 2.18. The lowest BCUT2D eigenvalue weighted by molar-refractivity contribution is 0.357. The molecule has 0 radical (unpaired) electrons. The second kappa shape index (κ2) is 2.38. The molecule has 11 heavy (non-hydrogen) atoms. The quantitative estimate of drug-likeness (QED) is 0.601. The molecule has 0 amide bonds. The van der Waals surface area contributed by atoms with E-state index >= 15 is 0 Å². The van der Waals surface area contributed by atoms with E-state index in [1.54, 1.807) is 0 Å². The van der Waals surface area contributed by atoms with Gasteiger partial charge in [0.15, 0.2) is 0 Å². The number of hydrogen-bond donors (Lipinski definition) is 1. The van der Waals surface area contributed by atoms with Crippen molar-refractivity contribution in [3.63, 3.8) is 0 Å². The summed E-state index contributed by atoms with van der Waals surface area (Å²) >= 11 is 0. The number of hydrogen-bond acceptors (Lipinski definition) is 2. The molecule has 0 aliphatic carbocycles. The Kier molecular flexibility index (Phi) is 1.39. The lowest BCUT2D eigenvalue weighted by Crippen LogP contribution is -1.85. The van der Waals surface area contributed by atoms with Crippen molar-refractivity contribution in [1.82, 2.24) is 0 Å². The minimum atomic E-state index is 0.788. The molecule has 0 saturated carbocycles. The maximum absolute atomic E-state index is 7.04. The van der Waals surface area contributed by atoms with Crippen molar-refractivity contribution >= 4 is 6.21 Å². The van der Waals surface area contributed by atoms with Crippen LogP contribution in [0.25, 0.3) is 0 Å². The Hall–Kier alpha value is -1.31. The Morgan fingerprint density at radius 3 is 3.18 bits per heavy atom. The second-order valence-corrected chi connectivity index (χ2v) is 2.61. The molecule has 1 aromatic carbocycles. The van der Waals surface area contributed by atoms with E-state index in [-0.39, 0.29) is 0 Å². The summed E-state index contributed by atoms with van der Waals surface area (Å²) in [5.74, 6) is 0.982. The van der Waals surface area contributed by atoms with Crippen LogP contribution >= 0.6 is 0 Å². The fourth-order valence-electron chi connectivity index (χ4n) is 1.30. The van der Waals surface area contributed by atoms with Gasteiger partial charge in [0.25, 0.3) is 0 Å². The molecule has 0 fully saturated rings. The first-order valence-electron chi connectivity index (χ1n) is 3.66. The number of rotatable bonds is 1. The van der Waals surface area contributed by atoms with Gasteiger partial charge in [0, 0.05) is 12.6 Å². The van der Waals surface area contributed by atoms with Gasteiger partial charge in [0.2, 0.25) is 0 Å². The molecule has 0 bridgehead atoms. The van der Waals surface area contributed by atoms with Crippen LogP contribution in [-0.4, -0.2) is 12.8 Å². The second-order valence-electron chi connectivity index (χ2n) is 2.61. The van der Waals surface area contributed by atoms with Crippen LogP contribution in [0, 0.1) is 5.41 Å². The van der Waals surface area contributed by atoms with Crippen molar-refractivity contribution in [2.45, 2.75) is 6.42 Å². The molecule has 1 aliphatic rings. The maximum atomic E-state index is 7.04. The highest BCUT2D eigenvalue weighted by Crippen LogP contribution is 2.24. The average Bonchev–Trinajstić information content (AvgIpc) is 2.50. The first-order valence-corrected chi connectivity index (χ1v) is 3.66. The van der Waals surface area contributed by atoms with Gasteiger partial charge < -0.3 is 10.1 Å². The van der Waals surface area contributed by atoms with Crippen molar-refractivity contribution in [3.05, 3.63) is 29.3 Å². The van der Waals surface area contributed by atoms with Gasteiger partial charge in [-0.1, -0.05) is 0 Å². The molecule has 1 heterocycles. The summed E-state index contributed by atoms with van der Waals surface area (Å²) in [6, 6.07) is 5.84. The molecule has 2 rings (SSSR count). The van der Waals surface area contributed by atoms with E-state index in [0.717, 1.165) is 24.3 Å². The van der Waals surface area contributed by atoms with Crippen LogP contribution in [0.5, 0.6) is 5.75 Å². The Balaban J connectivity index is 2.48. The van der Waals surface area contributed by atoms with E-state index < -0.39 is 0 Å². The van der Waals surface area contributed by atoms with Crippen LogP contribution in [0.1, 0.15) is 11.1 Å². The van der Waals surface area contributed by atoms with Crippen LogP contribution in [0.4, 0.5) is 0 Å². The molecule has 1 aromatic rings. The first kappa shape index (κ1) is 6.40. The highest BCUT2D eigenvalue weighted by molar-refractivity contribution is 5.77. The molecule has 0 atom stereocenters. The van der Waals surface area contributed by atoms with Crippen LogP contribution < -0.4 is 4.74 Å². The lowest BCUT2D eigenvalue weighted by Gasteiger charge is -1.97. The van der Waals surface area contributed by atoms with E-state index in [0.29, 0.717) is 0 Å². The van der Waals surface area contributed by atoms with Crippen molar-refractivity contribution in [2.75, 3.05) is 6.61 Å². The van der Waals surface area contributed by atoms with Gasteiger partial charge in [0.05, 0.1) is 6.61 Å². The summed E-state index contributed by atoms with van der Waals surface area (Å²) in [6.07, 6.45) is 2.34. The molecule has 2 nitrogen and oxygen atoms in total. The average molecular weight is 147 g/mol. The SMILES string of the molecule is N=Cc1ccc2c(c1)CCO2. The number of ether oxygens (including phenoxy) is 1. The molecule has 0 unspecified atom stereocenters. The van der Waals surface area contributed by atoms with Gasteiger partial charge in [-0.3, -0.25) is 0 Å². The molecular formula is C9H9NO. The topological polar surface area (TPSA) is 33.1 Å². The van der Waals surface area contributed by atoms with Crippen LogP contribution in [0.2, 0.25) is 0 Å². The van der Waals surface area contributed by atoms with Crippen LogP contribution in [0.3, 0.4) is 0 Å². The largest absolute Gasteiger partial charge is 0.493 e. The lowest BCUT2D eigenvalue weighted by atomic mass is 10.1. The van der Waals surface area contributed by atoms with Crippen molar-refractivity contribution in [1.29, 1.82) is 5.41 Å². The van der Waals surface area contributed by atoms with E-state index in [9.17, 15) is 0 Å². The zero-order chi connectivity index (χ0) is 7.68. The molecule has 2 heteroatoms. The molecule has 1 N–H and O–H groups in total. The first-order chi connectivity index (χ1) is 5.40. The monoisotopic (exact) mass is 147 g/mol. The van der Waals surface area contributed by atoms with Crippen LogP contribution in [-0.2, 0) is 6.42 Å². The molecule has 1 aliphatic heterocycles. The fourth-order valence-corrected chi connectivity index (χ4v) is 1.30. The zero-order valence-electron chi connectivity index (χ0n) is 6.13. The van der Waals surface area contributed by atoms with Gasteiger partial charge in [-0.25, -0.2) is 0 Å². The predicted molar refractivity (Wildman–Crippen MR) is 43.5 cm³/mol. The van der Waals surface area contributed by atoms with Crippen molar-refractivity contribution in [3.8, 4) is 5.75 Å². The molecule has 0 aromatic heterocycles. The number of fused-ring (bicyclic) bond motifs is 1. The molecule has 0 saturated heterocycles. The number of nitrogens with one attached hydrogen (secondary N) is 1. The highest BCUT2D eigenvalue weighted by Gasteiger charge is 2.10. The summed E-state index contributed by atoms with van der Waals surface area (Å²) in [7, 11) is 0. The molecule has 56 valence electrons. The van der Waals surface area contributed by atoms with Gasteiger partial charge in [-0.2, -0.15) is 0 Å². The summed E-state index contributed by atoms with van der Waals surface area (Å²) in [4.78, 5) is 0. The molecule has 0 spiro atoms. The van der Waals surface area contributed by atoms with E-state index in [2.05, 4.69) is 0 Å². The van der Waals surface area contributed by atoms with Crippen molar-refractivity contribution in [2.24, 2.45) is 0 Å². The Morgan fingerprint density at radius 2 is 2.36 bits per heavy atom. The van der Waals surface area contributed by atoms with Crippen molar-refractivity contribution < 1.29 is 4.74 Å².